The van der Waals surface area contributed by atoms with Crippen LogP contribution in [0.2, 0.25) is 0 Å². The van der Waals surface area contributed by atoms with Crippen molar-refractivity contribution in [3.63, 3.8) is 0 Å². The number of carbonyl (C=O) groups is 1. The fraction of sp³-hybridized carbons (Fsp3) is 0.462. The quantitative estimate of drug-likeness (QED) is 0.841. The Morgan fingerprint density at radius 3 is 2.47 bits per heavy atom. The molecule has 1 unspecified atom stereocenters. The summed E-state index contributed by atoms with van der Waals surface area (Å²) >= 11 is 0. The van der Waals surface area contributed by atoms with Crippen molar-refractivity contribution < 1.29 is 27.8 Å². The van der Waals surface area contributed by atoms with Crippen LogP contribution in [-0.4, -0.2) is 23.6 Å². The minimum absolute atomic E-state index is 0.0815. The summed E-state index contributed by atoms with van der Waals surface area (Å²) in [6.45, 7) is 2.91. The maximum Gasteiger partial charge on any atom is 0.419 e. The van der Waals surface area contributed by atoms with E-state index in [1.165, 1.54) is 13.0 Å². The van der Waals surface area contributed by atoms with Crippen molar-refractivity contribution in [1.82, 2.24) is 0 Å². The van der Waals surface area contributed by atoms with E-state index in [0.29, 0.717) is 12.7 Å². The zero-order chi connectivity index (χ0) is 14.7. The van der Waals surface area contributed by atoms with Gasteiger partial charge in [0.25, 0.3) is 0 Å². The van der Waals surface area contributed by atoms with Gasteiger partial charge in [-0.15, -0.1) is 0 Å². The fourth-order valence-corrected chi connectivity index (χ4v) is 1.30. The van der Waals surface area contributed by atoms with Crippen LogP contribution in [-0.2, 0) is 6.18 Å². The number of hydrogen-bond acceptors (Lipinski definition) is 3. The molecular weight excluding hydrogens is 261 g/mol. The zero-order valence-corrected chi connectivity index (χ0v) is 10.6. The molecule has 0 fully saturated rings. The SMILES string of the molecule is CCC(C)(O)COc1ccc(C=O)cc1C(F)(F)F. The van der Waals surface area contributed by atoms with Gasteiger partial charge in [0.05, 0.1) is 11.2 Å². The molecule has 0 amide bonds. The van der Waals surface area contributed by atoms with Gasteiger partial charge in [0.15, 0.2) is 0 Å². The van der Waals surface area contributed by atoms with Crippen LogP contribution in [0.1, 0.15) is 36.2 Å². The maximum absolute atomic E-state index is 12.8. The van der Waals surface area contributed by atoms with Crippen LogP contribution in [0, 0.1) is 0 Å². The van der Waals surface area contributed by atoms with Crippen LogP contribution in [0.15, 0.2) is 18.2 Å². The van der Waals surface area contributed by atoms with Gasteiger partial charge in [-0.1, -0.05) is 6.92 Å². The molecule has 0 aliphatic rings. The Hall–Kier alpha value is -1.56. The Labute approximate surface area is 109 Å². The van der Waals surface area contributed by atoms with Crippen LogP contribution in [0.3, 0.4) is 0 Å². The normalized spacial score (nSPS) is 14.8. The Morgan fingerprint density at radius 2 is 2.00 bits per heavy atom. The Morgan fingerprint density at radius 1 is 1.37 bits per heavy atom. The van der Waals surface area contributed by atoms with Gasteiger partial charge in [0, 0.05) is 5.56 Å². The molecule has 1 rings (SSSR count). The fourth-order valence-electron chi connectivity index (χ4n) is 1.30. The van der Waals surface area contributed by atoms with Crippen molar-refractivity contribution in [2.75, 3.05) is 6.61 Å². The number of ether oxygens (including phenoxy) is 1. The largest absolute Gasteiger partial charge is 0.490 e. The molecule has 3 nitrogen and oxygen atoms in total. The molecule has 6 heteroatoms. The van der Waals surface area contributed by atoms with E-state index in [4.69, 9.17) is 4.74 Å². The number of halogens is 3. The number of aliphatic hydroxyl groups is 1. The lowest BCUT2D eigenvalue weighted by Gasteiger charge is -2.23. The van der Waals surface area contributed by atoms with Gasteiger partial charge in [-0.2, -0.15) is 13.2 Å². The van der Waals surface area contributed by atoms with E-state index in [0.717, 1.165) is 12.1 Å². The van der Waals surface area contributed by atoms with Crippen molar-refractivity contribution in [2.24, 2.45) is 0 Å². The third kappa shape index (κ3) is 4.24. The van der Waals surface area contributed by atoms with E-state index in [-0.39, 0.29) is 12.2 Å². The number of benzene rings is 1. The minimum Gasteiger partial charge on any atom is -0.490 e. The molecule has 0 saturated heterocycles. The van der Waals surface area contributed by atoms with Crippen molar-refractivity contribution >= 4 is 6.29 Å². The summed E-state index contributed by atoms with van der Waals surface area (Å²) in [7, 11) is 0. The van der Waals surface area contributed by atoms with E-state index in [9.17, 15) is 23.1 Å². The van der Waals surface area contributed by atoms with Gasteiger partial charge < -0.3 is 9.84 Å². The first-order valence-electron chi connectivity index (χ1n) is 5.71. The smallest absolute Gasteiger partial charge is 0.419 e. The lowest BCUT2D eigenvalue weighted by Crippen LogP contribution is -2.31. The number of aldehydes is 1. The van der Waals surface area contributed by atoms with Gasteiger partial charge in [-0.3, -0.25) is 4.79 Å². The van der Waals surface area contributed by atoms with E-state index in [1.807, 2.05) is 0 Å². The third-order valence-corrected chi connectivity index (χ3v) is 2.75. The minimum atomic E-state index is -4.62. The highest BCUT2D eigenvalue weighted by molar-refractivity contribution is 5.75. The molecule has 1 atom stereocenters. The van der Waals surface area contributed by atoms with Gasteiger partial charge >= 0.3 is 6.18 Å². The zero-order valence-electron chi connectivity index (χ0n) is 10.6. The summed E-state index contributed by atoms with van der Waals surface area (Å²) in [5.74, 6) is -0.396. The summed E-state index contributed by atoms with van der Waals surface area (Å²) < 4.78 is 43.5. The van der Waals surface area contributed by atoms with Gasteiger partial charge in [0.2, 0.25) is 0 Å². The highest BCUT2D eigenvalue weighted by Gasteiger charge is 2.35. The molecule has 1 aromatic carbocycles. The van der Waals surface area contributed by atoms with E-state index >= 15 is 0 Å². The van der Waals surface area contributed by atoms with Crippen molar-refractivity contribution in [3.8, 4) is 5.75 Å². The highest BCUT2D eigenvalue weighted by atomic mass is 19.4. The molecule has 0 aliphatic heterocycles. The molecule has 0 saturated carbocycles. The Bertz CT molecular complexity index is 453. The molecule has 0 aliphatic carbocycles. The average Bonchev–Trinajstić information content (AvgIpc) is 2.35. The predicted octanol–water partition coefficient (Wildman–Crippen LogP) is 3.06. The monoisotopic (exact) mass is 276 g/mol. The lowest BCUT2D eigenvalue weighted by atomic mass is 10.1. The van der Waals surface area contributed by atoms with E-state index in [2.05, 4.69) is 0 Å². The van der Waals surface area contributed by atoms with Crippen LogP contribution in [0.5, 0.6) is 5.75 Å². The first-order valence-corrected chi connectivity index (χ1v) is 5.71. The number of alkyl halides is 3. The Kier molecular flexibility index (Phi) is 4.57. The second-order valence-electron chi connectivity index (χ2n) is 4.51. The van der Waals surface area contributed by atoms with Crippen LogP contribution in [0.4, 0.5) is 13.2 Å². The summed E-state index contributed by atoms with van der Waals surface area (Å²) in [5, 5.41) is 9.72. The van der Waals surface area contributed by atoms with Crippen molar-refractivity contribution in [1.29, 1.82) is 0 Å². The average molecular weight is 276 g/mol. The van der Waals surface area contributed by atoms with E-state index < -0.39 is 23.1 Å². The first-order chi connectivity index (χ1) is 8.69. The van der Waals surface area contributed by atoms with Gasteiger partial charge in [0.1, 0.15) is 18.6 Å². The molecule has 19 heavy (non-hydrogen) atoms. The number of hydrogen-bond donors (Lipinski definition) is 1. The second-order valence-corrected chi connectivity index (χ2v) is 4.51. The topological polar surface area (TPSA) is 46.5 Å². The maximum atomic E-state index is 12.8. The molecule has 0 bridgehead atoms. The molecule has 0 aromatic heterocycles. The summed E-state index contributed by atoms with van der Waals surface area (Å²) in [6, 6.07) is 3.04. The molecule has 106 valence electrons. The second kappa shape index (κ2) is 5.61. The Balaban J connectivity index is 3.04. The molecule has 1 N–H and O–H groups in total. The third-order valence-electron chi connectivity index (χ3n) is 2.75. The number of rotatable bonds is 5. The van der Waals surface area contributed by atoms with Crippen LogP contribution < -0.4 is 4.74 Å². The van der Waals surface area contributed by atoms with Crippen LogP contribution >= 0.6 is 0 Å². The van der Waals surface area contributed by atoms with Gasteiger partial charge in [-0.05, 0) is 31.5 Å². The van der Waals surface area contributed by atoms with Crippen molar-refractivity contribution in [2.45, 2.75) is 32.0 Å². The van der Waals surface area contributed by atoms with Crippen LogP contribution in [0.25, 0.3) is 0 Å². The molecule has 0 heterocycles. The van der Waals surface area contributed by atoms with Gasteiger partial charge in [-0.25, -0.2) is 0 Å². The summed E-state index contributed by atoms with van der Waals surface area (Å²) in [6.07, 6.45) is -3.94. The molecular formula is C13H15F3O3. The molecule has 0 radical (unpaired) electrons. The summed E-state index contributed by atoms with van der Waals surface area (Å²) in [4.78, 5) is 10.5. The van der Waals surface area contributed by atoms with Crippen molar-refractivity contribution in [3.05, 3.63) is 29.3 Å². The standard InChI is InChI=1S/C13H15F3O3/c1-3-12(2,18)8-19-11-5-4-9(7-17)6-10(11)13(14,15)16/h4-7,18H,3,8H2,1-2H3. The predicted molar refractivity (Wildman–Crippen MR) is 63.2 cm³/mol. The molecule has 1 aromatic rings. The molecule has 0 spiro atoms. The summed E-state index contributed by atoms with van der Waals surface area (Å²) in [5.41, 5.74) is -2.31. The van der Waals surface area contributed by atoms with E-state index in [1.54, 1.807) is 6.92 Å². The highest BCUT2D eigenvalue weighted by Crippen LogP contribution is 2.37. The number of carbonyl (C=O) groups excluding carboxylic acids is 1. The first kappa shape index (κ1) is 15.5. The lowest BCUT2D eigenvalue weighted by molar-refractivity contribution is -0.139.